The van der Waals surface area contributed by atoms with Gasteiger partial charge in [0.2, 0.25) is 11.8 Å². The molecule has 0 spiro atoms. The Balaban J connectivity index is 2.04. The second-order valence-electron chi connectivity index (χ2n) is 10.3. The zero-order valence-corrected chi connectivity index (χ0v) is 24.2. The van der Waals surface area contributed by atoms with Crippen molar-refractivity contribution in [2.45, 2.75) is 57.6 Å². The lowest BCUT2D eigenvalue weighted by atomic mass is 10.1. The third-order valence-electron chi connectivity index (χ3n) is 5.99. The van der Waals surface area contributed by atoms with Gasteiger partial charge in [-0.3, -0.25) is 13.9 Å². The van der Waals surface area contributed by atoms with E-state index in [0.29, 0.717) is 10.6 Å². The monoisotopic (exact) mass is 573 g/mol. The molecule has 0 unspecified atom stereocenters. The van der Waals surface area contributed by atoms with Crippen LogP contribution in [0, 0.1) is 12.7 Å². The molecule has 3 rings (SSSR count). The Morgan fingerprint density at radius 1 is 1.00 bits per heavy atom. The van der Waals surface area contributed by atoms with Crippen LogP contribution in [0.1, 0.15) is 38.8 Å². The van der Waals surface area contributed by atoms with Crippen molar-refractivity contribution in [2.75, 3.05) is 10.8 Å². The van der Waals surface area contributed by atoms with Crippen molar-refractivity contribution >= 4 is 39.1 Å². The number of benzene rings is 3. The highest BCUT2D eigenvalue weighted by atomic mass is 35.5. The number of carbonyl (C=O) groups is 2. The van der Waals surface area contributed by atoms with Gasteiger partial charge in [0.1, 0.15) is 18.4 Å². The molecule has 3 aromatic carbocycles. The van der Waals surface area contributed by atoms with E-state index in [2.05, 4.69) is 5.32 Å². The second kappa shape index (κ2) is 12.2. The number of hydrogen-bond donors (Lipinski definition) is 1. The third kappa shape index (κ3) is 7.80. The minimum Gasteiger partial charge on any atom is -0.350 e. The summed E-state index contributed by atoms with van der Waals surface area (Å²) in [6, 6.07) is 17.1. The molecule has 0 aliphatic carbocycles. The van der Waals surface area contributed by atoms with Crippen LogP contribution in [-0.4, -0.2) is 43.3 Å². The zero-order chi connectivity index (χ0) is 29.0. The maximum absolute atomic E-state index is 13.9. The fraction of sp³-hybridized carbons (Fsp3) is 0.310. The summed E-state index contributed by atoms with van der Waals surface area (Å²) in [5, 5.41) is 3.20. The molecule has 0 saturated carbocycles. The molecule has 1 atom stereocenters. The van der Waals surface area contributed by atoms with Crippen LogP contribution in [0.5, 0.6) is 0 Å². The molecule has 7 nitrogen and oxygen atoms in total. The highest BCUT2D eigenvalue weighted by Crippen LogP contribution is 2.28. The van der Waals surface area contributed by atoms with Gasteiger partial charge in [-0.1, -0.05) is 48.0 Å². The van der Waals surface area contributed by atoms with Crippen LogP contribution in [0.2, 0.25) is 5.02 Å². The van der Waals surface area contributed by atoms with Crippen molar-refractivity contribution in [1.82, 2.24) is 10.2 Å². The van der Waals surface area contributed by atoms with Gasteiger partial charge < -0.3 is 10.2 Å². The van der Waals surface area contributed by atoms with Gasteiger partial charge in [0.05, 0.1) is 10.6 Å². The summed E-state index contributed by atoms with van der Waals surface area (Å²) >= 11 is 6.33. The topological polar surface area (TPSA) is 86.8 Å². The molecular formula is C29H33ClFN3O4S. The number of nitrogens with zero attached hydrogens (tertiary/aromatic N) is 2. The van der Waals surface area contributed by atoms with Crippen LogP contribution in [0.4, 0.5) is 10.1 Å². The summed E-state index contributed by atoms with van der Waals surface area (Å²) in [4.78, 5) is 28.3. The quantitative estimate of drug-likeness (QED) is 0.376. The number of halogens is 2. The van der Waals surface area contributed by atoms with E-state index in [1.54, 1.807) is 44.2 Å². The molecule has 0 radical (unpaired) electrons. The van der Waals surface area contributed by atoms with Crippen LogP contribution in [0.15, 0.2) is 77.7 Å². The lowest BCUT2D eigenvalue weighted by molar-refractivity contribution is -0.140. The maximum atomic E-state index is 13.9. The first-order chi connectivity index (χ1) is 18.2. The molecule has 0 heterocycles. The zero-order valence-electron chi connectivity index (χ0n) is 22.6. The molecular weight excluding hydrogens is 541 g/mol. The Morgan fingerprint density at radius 2 is 1.62 bits per heavy atom. The van der Waals surface area contributed by atoms with E-state index in [1.807, 2.05) is 20.8 Å². The Bertz CT molecular complexity index is 1430. The standard InChI is InChI=1S/C29H33ClFN3O4S/c1-20-11-16-24(17-26(20)30)34(39(37,38)25-9-7-6-8-10-25)19-27(35)33(18-22-12-14-23(31)15-13-22)21(2)28(36)32-29(3,4)5/h6-17,21H,18-19H2,1-5H3,(H,32,36)/t21-/m1/s1. The Kier molecular flexibility index (Phi) is 9.40. The number of rotatable bonds is 9. The highest BCUT2D eigenvalue weighted by Gasteiger charge is 2.33. The normalized spacial score (nSPS) is 12.5. The number of nitrogens with one attached hydrogen (secondary N) is 1. The van der Waals surface area contributed by atoms with Gasteiger partial charge in [0, 0.05) is 17.1 Å². The molecule has 10 heteroatoms. The maximum Gasteiger partial charge on any atom is 0.264 e. The smallest absolute Gasteiger partial charge is 0.264 e. The summed E-state index contributed by atoms with van der Waals surface area (Å²) in [6.07, 6.45) is 0. The van der Waals surface area contributed by atoms with Crippen molar-refractivity contribution in [1.29, 1.82) is 0 Å². The van der Waals surface area contributed by atoms with Crippen LogP contribution in [-0.2, 0) is 26.2 Å². The van der Waals surface area contributed by atoms with E-state index >= 15 is 0 Å². The van der Waals surface area contributed by atoms with Gasteiger partial charge >= 0.3 is 0 Å². The Morgan fingerprint density at radius 3 is 2.18 bits per heavy atom. The number of anilines is 1. The van der Waals surface area contributed by atoms with Crippen molar-refractivity contribution < 1.29 is 22.4 Å². The number of aryl methyl sites for hydroxylation is 1. The van der Waals surface area contributed by atoms with Gasteiger partial charge in [0.15, 0.2) is 0 Å². The van der Waals surface area contributed by atoms with Crippen molar-refractivity contribution in [3.8, 4) is 0 Å². The predicted molar refractivity (Wildman–Crippen MR) is 151 cm³/mol. The average Bonchev–Trinajstić information content (AvgIpc) is 2.87. The van der Waals surface area contributed by atoms with Gasteiger partial charge in [0.25, 0.3) is 10.0 Å². The van der Waals surface area contributed by atoms with E-state index < -0.39 is 45.8 Å². The lowest BCUT2D eigenvalue weighted by Crippen LogP contribution is -2.54. The predicted octanol–water partition coefficient (Wildman–Crippen LogP) is 5.31. The molecule has 0 bridgehead atoms. The van der Waals surface area contributed by atoms with E-state index in [9.17, 15) is 22.4 Å². The summed E-state index contributed by atoms with van der Waals surface area (Å²) in [7, 11) is -4.19. The largest absolute Gasteiger partial charge is 0.350 e. The highest BCUT2D eigenvalue weighted by molar-refractivity contribution is 7.92. The molecule has 0 saturated heterocycles. The van der Waals surface area contributed by atoms with Gasteiger partial charge in [-0.05, 0) is 82.1 Å². The first-order valence-electron chi connectivity index (χ1n) is 12.4. The number of sulfonamides is 1. The minimum atomic E-state index is -4.19. The average molecular weight is 574 g/mol. The molecule has 39 heavy (non-hydrogen) atoms. The molecule has 0 aliphatic heterocycles. The van der Waals surface area contributed by atoms with E-state index in [4.69, 9.17) is 11.6 Å². The summed E-state index contributed by atoms with van der Waals surface area (Å²) in [5.74, 6) is -1.47. The molecule has 0 fully saturated rings. The van der Waals surface area contributed by atoms with Crippen LogP contribution in [0.25, 0.3) is 0 Å². The third-order valence-corrected chi connectivity index (χ3v) is 8.18. The second-order valence-corrected chi connectivity index (χ2v) is 12.6. The Labute approximate surface area is 234 Å². The Hall–Kier alpha value is -3.43. The summed E-state index contributed by atoms with van der Waals surface area (Å²) in [6.45, 7) is 8.18. The summed E-state index contributed by atoms with van der Waals surface area (Å²) in [5.41, 5.74) is 0.971. The van der Waals surface area contributed by atoms with E-state index in [0.717, 1.165) is 9.87 Å². The first kappa shape index (κ1) is 30.1. The first-order valence-corrected chi connectivity index (χ1v) is 14.2. The minimum absolute atomic E-state index is 0.00175. The lowest BCUT2D eigenvalue weighted by Gasteiger charge is -2.33. The van der Waals surface area contributed by atoms with Crippen molar-refractivity contribution in [3.63, 3.8) is 0 Å². The SMILES string of the molecule is Cc1ccc(N(CC(=O)N(Cc2ccc(F)cc2)[C@H](C)C(=O)NC(C)(C)C)S(=O)(=O)c2ccccc2)cc1Cl. The van der Waals surface area contributed by atoms with Gasteiger partial charge in [-0.2, -0.15) is 0 Å². The van der Waals surface area contributed by atoms with Gasteiger partial charge in [-0.25, -0.2) is 12.8 Å². The van der Waals surface area contributed by atoms with E-state index in [1.165, 1.54) is 47.4 Å². The molecule has 0 aromatic heterocycles. The van der Waals surface area contributed by atoms with Crippen LogP contribution < -0.4 is 9.62 Å². The van der Waals surface area contributed by atoms with Gasteiger partial charge in [-0.15, -0.1) is 0 Å². The number of amides is 2. The number of carbonyl (C=O) groups excluding carboxylic acids is 2. The molecule has 2 amide bonds. The molecule has 3 aromatic rings. The fourth-order valence-corrected chi connectivity index (χ4v) is 5.43. The van der Waals surface area contributed by atoms with Crippen LogP contribution in [0.3, 0.4) is 0 Å². The summed E-state index contributed by atoms with van der Waals surface area (Å²) < 4.78 is 42.1. The van der Waals surface area contributed by atoms with E-state index in [-0.39, 0.29) is 17.1 Å². The number of hydrogen-bond acceptors (Lipinski definition) is 4. The molecule has 208 valence electrons. The molecule has 0 aliphatic rings. The fourth-order valence-electron chi connectivity index (χ4n) is 3.83. The van der Waals surface area contributed by atoms with Crippen molar-refractivity contribution in [3.05, 3.63) is 94.8 Å². The van der Waals surface area contributed by atoms with Crippen molar-refractivity contribution in [2.24, 2.45) is 0 Å². The molecule has 1 N–H and O–H groups in total. The van der Waals surface area contributed by atoms with Crippen LogP contribution >= 0.6 is 11.6 Å².